The minimum atomic E-state index is -0.0790. The van der Waals surface area contributed by atoms with Gasteiger partial charge in [0.1, 0.15) is 0 Å². The Morgan fingerprint density at radius 2 is 2.19 bits per heavy atom. The van der Waals surface area contributed by atoms with E-state index in [-0.39, 0.29) is 12.6 Å². The van der Waals surface area contributed by atoms with Crippen LogP contribution in [0.2, 0.25) is 0 Å². The molecule has 0 aromatic heterocycles. The first-order valence-corrected chi connectivity index (χ1v) is 7.68. The molecule has 116 valence electrons. The van der Waals surface area contributed by atoms with Crippen LogP contribution in [0.1, 0.15) is 13.3 Å². The lowest BCUT2D eigenvalue weighted by molar-refractivity contribution is 0.179. The molecule has 21 heavy (non-hydrogen) atoms. The van der Waals surface area contributed by atoms with Crippen LogP contribution >= 0.6 is 0 Å². The molecule has 0 bridgehead atoms. The molecule has 2 rings (SSSR count). The van der Waals surface area contributed by atoms with Crippen LogP contribution in [-0.4, -0.2) is 55.4 Å². The lowest BCUT2D eigenvalue weighted by atomic mass is 10.1. The van der Waals surface area contributed by atoms with Crippen LogP contribution in [-0.2, 0) is 0 Å². The lowest BCUT2D eigenvalue weighted by Crippen LogP contribution is -2.43. The van der Waals surface area contributed by atoms with Gasteiger partial charge in [0.05, 0.1) is 6.61 Å². The molecule has 1 saturated heterocycles. The van der Waals surface area contributed by atoms with Crippen molar-refractivity contribution in [1.82, 2.24) is 10.2 Å². The van der Waals surface area contributed by atoms with Crippen molar-refractivity contribution in [2.75, 3.05) is 44.2 Å². The molecule has 5 heteroatoms. The van der Waals surface area contributed by atoms with Gasteiger partial charge in [-0.1, -0.05) is 18.2 Å². The number of para-hydroxylation sites is 1. The zero-order valence-electron chi connectivity index (χ0n) is 12.7. The van der Waals surface area contributed by atoms with Crippen molar-refractivity contribution >= 4 is 11.7 Å². The standard InChI is InChI=1S/C16H25N3O2/c1-2-18(10-11-20)16(21)17-12-14-8-9-19(13-14)15-6-4-3-5-7-15/h3-7,14,20H,2,8-13H2,1H3,(H,17,21). The van der Waals surface area contributed by atoms with E-state index in [0.717, 1.165) is 19.5 Å². The summed E-state index contributed by atoms with van der Waals surface area (Å²) < 4.78 is 0. The molecular weight excluding hydrogens is 266 g/mol. The van der Waals surface area contributed by atoms with E-state index in [4.69, 9.17) is 5.11 Å². The summed E-state index contributed by atoms with van der Waals surface area (Å²) in [5.41, 5.74) is 1.25. The minimum Gasteiger partial charge on any atom is -0.395 e. The first kappa shape index (κ1) is 15.6. The van der Waals surface area contributed by atoms with Crippen LogP contribution in [0, 0.1) is 5.92 Å². The predicted molar refractivity (Wildman–Crippen MR) is 84.5 cm³/mol. The van der Waals surface area contributed by atoms with Crippen LogP contribution in [0.5, 0.6) is 0 Å². The molecule has 1 aromatic carbocycles. The van der Waals surface area contributed by atoms with Crippen molar-refractivity contribution in [3.63, 3.8) is 0 Å². The average molecular weight is 291 g/mol. The Labute approximate surface area is 126 Å². The number of anilines is 1. The second-order valence-electron chi connectivity index (χ2n) is 5.43. The maximum Gasteiger partial charge on any atom is 0.317 e. The minimum absolute atomic E-state index is 0.00642. The number of hydrogen-bond donors (Lipinski definition) is 2. The summed E-state index contributed by atoms with van der Waals surface area (Å²) >= 11 is 0. The second kappa shape index (κ2) is 7.88. The summed E-state index contributed by atoms with van der Waals surface area (Å²) in [7, 11) is 0. The number of urea groups is 1. The molecule has 1 aromatic rings. The molecule has 5 nitrogen and oxygen atoms in total. The fraction of sp³-hybridized carbons (Fsp3) is 0.562. The Hall–Kier alpha value is -1.75. The van der Waals surface area contributed by atoms with Gasteiger partial charge in [0, 0.05) is 38.4 Å². The molecule has 0 saturated carbocycles. The Morgan fingerprint density at radius 1 is 1.43 bits per heavy atom. The molecule has 0 radical (unpaired) electrons. The fourth-order valence-electron chi connectivity index (χ4n) is 2.74. The molecule has 2 amide bonds. The maximum absolute atomic E-state index is 12.0. The summed E-state index contributed by atoms with van der Waals surface area (Å²) in [6.45, 7) is 5.66. The number of rotatable bonds is 6. The predicted octanol–water partition coefficient (Wildman–Crippen LogP) is 1.54. The molecule has 1 fully saturated rings. The average Bonchev–Trinajstić information content (AvgIpc) is 3.00. The second-order valence-corrected chi connectivity index (χ2v) is 5.43. The van der Waals surface area contributed by atoms with E-state index in [9.17, 15) is 4.79 Å². The van der Waals surface area contributed by atoms with Gasteiger partial charge in [0.2, 0.25) is 0 Å². The molecule has 2 N–H and O–H groups in total. The highest BCUT2D eigenvalue weighted by atomic mass is 16.3. The number of nitrogens with zero attached hydrogens (tertiary/aromatic N) is 2. The van der Waals surface area contributed by atoms with Gasteiger partial charge in [-0.25, -0.2) is 4.79 Å². The highest BCUT2D eigenvalue weighted by molar-refractivity contribution is 5.74. The monoisotopic (exact) mass is 291 g/mol. The zero-order chi connectivity index (χ0) is 15.1. The zero-order valence-corrected chi connectivity index (χ0v) is 12.7. The van der Waals surface area contributed by atoms with E-state index in [1.165, 1.54) is 5.69 Å². The Bertz CT molecular complexity index is 438. The third-order valence-electron chi connectivity index (χ3n) is 3.99. The summed E-state index contributed by atoms with van der Waals surface area (Å²) in [6, 6.07) is 10.3. The maximum atomic E-state index is 12.0. The van der Waals surface area contributed by atoms with Crippen LogP contribution in [0.25, 0.3) is 0 Å². The van der Waals surface area contributed by atoms with E-state index in [1.54, 1.807) is 4.90 Å². The highest BCUT2D eigenvalue weighted by Gasteiger charge is 2.23. The van der Waals surface area contributed by atoms with Crippen LogP contribution in [0.4, 0.5) is 10.5 Å². The molecule has 1 heterocycles. The van der Waals surface area contributed by atoms with Crippen molar-refractivity contribution in [3.8, 4) is 0 Å². The molecule has 1 unspecified atom stereocenters. The summed E-state index contributed by atoms with van der Waals surface area (Å²) in [5, 5.41) is 11.9. The van der Waals surface area contributed by atoms with E-state index in [2.05, 4.69) is 34.5 Å². The summed E-state index contributed by atoms with van der Waals surface area (Å²) in [6.07, 6.45) is 1.10. The van der Waals surface area contributed by atoms with Crippen molar-refractivity contribution in [2.24, 2.45) is 5.92 Å². The van der Waals surface area contributed by atoms with E-state index in [1.807, 2.05) is 13.0 Å². The smallest absolute Gasteiger partial charge is 0.317 e. The van der Waals surface area contributed by atoms with Gasteiger partial charge in [-0.2, -0.15) is 0 Å². The number of amides is 2. The molecule has 0 aliphatic carbocycles. The van der Waals surface area contributed by atoms with Gasteiger partial charge >= 0.3 is 6.03 Å². The van der Waals surface area contributed by atoms with Gasteiger partial charge in [-0.05, 0) is 31.4 Å². The third kappa shape index (κ3) is 4.36. The lowest BCUT2D eigenvalue weighted by Gasteiger charge is -2.22. The van der Waals surface area contributed by atoms with Gasteiger partial charge in [-0.15, -0.1) is 0 Å². The van der Waals surface area contributed by atoms with Gasteiger partial charge in [-0.3, -0.25) is 0 Å². The van der Waals surface area contributed by atoms with Crippen LogP contribution < -0.4 is 10.2 Å². The fourth-order valence-corrected chi connectivity index (χ4v) is 2.74. The molecule has 1 aliphatic rings. The van der Waals surface area contributed by atoms with Gasteiger partial charge < -0.3 is 20.2 Å². The Kier molecular flexibility index (Phi) is 5.87. The van der Waals surface area contributed by atoms with E-state index in [0.29, 0.717) is 25.6 Å². The molecule has 1 atom stereocenters. The van der Waals surface area contributed by atoms with Crippen molar-refractivity contribution in [3.05, 3.63) is 30.3 Å². The topological polar surface area (TPSA) is 55.8 Å². The highest BCUT2D eigenvalue weighted by Crippen LogP contribution is 2.22. The van der Waals surface area contributed by atoms with Crippen molar-refractivity contribution < 1.29 is 9.90 Å². The van der Waals surface area contributed by atoms with Crippen molar-refractivity contribution in [1.29, 1.82) is 0 Å². The number of carbonyl (C=O) groups is 1. The largest absolute Gasteiger partial charge is 0.395 e. The van der Waals surface area contributed by atoms with Crippen LogP contribution in [0.3, 0.4) is 0 Å². The quantitative estimate of drug-likeness (QED) is 0.836. The van der Waals surface area contributed by atoms with Gasteiger partial charge in [0.15, 0.2) is 0 Å². The summed E-state index contributed by atoms with van der Waals surface area (Å²) in [4.78, 5) is 16.0. The Morgan fingerprint density at radius 3 is 2.86 bits per heavy atom. The normalized spacial score (nSPS) is 17.8. The SMILES string of the molecule is CCN(CCO)C(=O)NCC1CCN(c2ccccc2)C1. The third-order valence-corrected chi connectivity index (χ3v) is 3.99. The van der Waals surface area contributed by atoms with Gasteiger partial charge in [0.25, 0.3) is 0 Å². The van der Waals surface area contributed by atoms with Crippen molar-refractivity contribution in [2.45, 2.75) is 13.3 Å². The molecular formula is C16H25N3O2. The molecule has 1 aliphatic heterocycles. The summed E-state index contributed by atoms with van der Waals surface area (Å²) in [5.74, 6) is 0.488. The number of nitrogens with one attached hydrogen (secondary N) is 1. The number of benzene rings is 1. The number of likely N-dealkylation sites (N-methyl/N-ethyl adjacent to an activating group) is 1. The number of aliphatic hydroxyl groups excluding tert-OH is 1. The number of carbonyl (C=O) groups excluding carboxylic acids is 1. The van der Waals surface area contributed by atoms with E-state index >= 15 is 0 Å². The first-order valence-electron chi connectivity index (χ1n) is 7.68. The number of aliphatic hydroxyl groups is 1. The number of hydrogen-bond acceptors (Lipinski definition) is 3. The van der Waals surface area contributed by atoms with E-state index < -0.39 is 0 Å². The Balaban J connectivity index is 1.77. The van der Waals surface area contributed by atoms with Crippen LogP contribution in [0.15, 0.2) is 30.3 Å². The first-order chi connectivity index (χ1) is 10.2. The molecule has 0 spiro atoms.